The summed E-state index contributed by atoms with van der Waals surface area (Å²) in [4.78, 5) is 14.9. The quantitative estimate of drug-likeness (QED) is 0.862. The monoisotopic (exact) mass is 260 g/mol. The second-order valence-corrected chi connectivity index (χ2v) is 4.17. The lowest BCUT2D eigenvalue weighted by Crippen LogP contribution is -2.08. The fraction of sp³-hybridized carbons (Fsp3) is 0.286. The number of aromatic nitrogens is 2. The maximum atomic E-state index is 10.6. The lowest BCUT2D eigenvalue weighted by atomic mass is 10.1. The van der Waals surface area contributed by atoms with Gasteiger partial charge in [-0.2, -0.15) is 0 Å². The van der Waals surface area contributed by atoms with E-state index in [-0.39, 0.29) is 6.42 Å². The van der Waals surface area contributed by atoms with Gasteiger partial charge in [-0.15, -0.1) is 0 Å². The fourth-order valence-electron chi connectivity index (χ4n) is 1.95. The van der Waals surface area contributed by atoms with Crippen LogP contribution in [-0.4, -0.2) is 27.7 Å². The molecular formula is C14H16N2O3. The highest BCUT2D eigenvalue weighted by Gasteiger charge is 2.09. The number of aliphatic carboxylic acids is 1. The molecule has 2 rings (SSSR count). The number of para-hydroxylation sites is 1. The molecule has 0 unspecified atom stereocenters. The first-order valence-electron chi connectivity index (χ1n) is 6.04. The first-order valence-corrected chi connectivity index (χ1v) is 6.04. The molecule has 0 amide bonds. The molecule has 1 aromatic heterocycles. The molecule has 0 aliphatic rings. The Bertz CT molecular complexity index is 563. The molecule has 1 N–H and O–H groups in total. The van der Waals surface area contributed by atoms with Gasteiger partial charge >= 0.3 is 5.97 Å². The van der Waals surface area contributed by atoms with Crippen molar-refractivity contribution < 1.29 is 14.6 Å². The second-order valence-electron chi connectivity index (χ2n) is 4.17. The van der Waals surface area contributed by atoms with E-state index in [1.54, 1.807) is 19.5 Å². The molecule has 0 radical (unpaired) electrons. The van der Waals surface area contributed by atoms with E-state index in [9.17, 15) is 4.79 Å². The SMILES string of the molecule is COc1ccccc1Cc1nccn1CCC(=O)O. The van der Waals surface area contributed by atoms with Crippen molar-refractivity contribution in [2.24, 2.45) is 0 Å². The van der Waals surface area contributed by atoms with Crippen molar-refractivity contribution >= 4 is 5.97 Å². The molecule has 1 heterocycles. The summed E-state index contributed by atoms with van der Waals surface area (Å²) < 4.78 is 7.16. The minimum absolute atomic E-state index is 0.0925. The van der Waals surface area contributed by atoms with Crippen LogP contribution in [0.3, 0.4) is 0 Å². The van der Waals surface area contributed by atoms with E-state index in [1.807, 2.05) is 28.8 Å². The molecule has 0 saturated heterocycles. The molecule has 100 valence electrons. The number of ether oxygens (including phenoxy) is 1. The number of hydrogen-bond donors (Lipinski definition) is 1. The van der Waals surface area contributed by atoms with Gasteiger partial charge in [0, 0.05) is 30.9 Å². The molecule has 0 bridgehead atoms. The largest absolute Gasteiger partial charge is 0.496 e. The molecule has 2 aromatic rings. The molecule has 0 saturated carbocycles. The third-order valence-corrected chi connectivity index (χ3v) is 2.91. The summed E-state index contributed by atoms with van der Waals surface area (Å²) in [6.45, 7) is 0.430. The predicted molar refractivity (Wildman–Crippen MR) is 70.3 cm³/mol. The summed E-state index contributed by atoms with van der Waals surface area (Å²) in [5.41, 5.74) is 1.03. The van der Waals surface area contributed by atoms with E-state index >= 15 is 0 Å². The number of rotatable bonds is 6. The van der Waals surface area contributed by atoms with Crippen molar-refractivity contribution in [2.75, 3.05) is 7.11 Å². The van der Waals surface area contributed by atoms with Gasteiger partial charge in [-0.05, 0) is 6.07 Å². The number of nitrogens with zero attached hydrogens (tertiary/aromatic N) is 2. The van der Waals surface area contributed by atoms with Crippen molar-refractivity contribution in [2.45, 2.75) is 19.4 Å². The Kier molecular flexibility index (Phi) is 4.18. The van der Waals surface area contributed by atoms with Crippen LogP contribution in [0.1, 0.15) is 17.8 Å². The third-order valence-electron chi connectivity index (χ3n) is 2.91. The van der Waals surface area contributed by atoms with Gasteiger partial charge in [-0.25, -0.2) is 4.98 Å². The Balaban J connectivity index is 2.15. The summed E-state index contributed by atoms with van der Waals surface area (Å²) in [5.74, 6) is 0.845. The molecule has 5 heteroatoms. The van der Waals surface area contributed by atoms with Crippen LogP contribution < -0.4 is 4.74 Å². The Morgan fingerprint density at radius 2 is 2.21 bits per heavy atom. The standard InChI is InChI=1S/C14H16N2O3/c1-19-12-5-3-2-4-11(12)10-13-15-7-9-16(13)8-6-14(17)18/h2-5,7,9H,6,8,10H2,1H3,(H,17,18). The molecule has 0 spiro atoms. The van der Waals surface area contributed by atoms with Gasteiger partial charge in [-0.1, -0.05) is 18.2 Å². The van der Waals surface area contributed by atoms with Crippen LogP contribution >= 0.6 is 0 Å². The summed E-state index contributed by atoms with van der Waals surface area (Å²) in [6, 6.07) is 7.75. The Morgan fingerprint density at radius 1 is 1.42 bits per heavy atom. The molecule has 0 fully saturated rings. The van der Waals surface area contributed by atoms with Crippen LogP contribution in [0.15, 0.2) is 36.7 Å². The van der Waals surface area contributed by atoms with Crippen LogP contribution in [0.4, 0.5) is 0 Å². The van der Waals surface area contributed by atoms with Crippen molar-refractivity contribution in [3.8, 4) is 5.75 Å². The van der Waals surface area contributed by atoms with E-state index < -0.39 is 5.97 Å². The van der Waals surface area contributed by atoms with Gasteiger partial charge in [-0.3, -0.25) is 4.79 Å². The summed E-state index contributed by atoms with van der Waals surface area (Å²) in [6.07, 6.45) is 4.20. The zero-order valence-corrected chi connectivity index (χ0v) is 10.7. The number of hydrogen-bond acceptors (Lipinski definition) is 3. The number of methoxy groups -OCH3 is 1. The highest BCUT2D eigenvalue weighted by Crippen LogP contribution is 2.20. The minimum atomic E-state index is -0.808. The number of imidazole rings is 1. The van der Waals surface area contributed by atoms with Gasteiger partial charge < -0.3 is 14.4 Å². The topological polar surface area (TPSA) is 64.4 Å². The van der Waals surface area contributed by atoms with Crippen molar-refractivity contribution in [1.29, 1.82) is 0 Å². The number of carboxylic acids is 1. The summed E-state index contributed by atoms with van der Waals surface area (Å²) in [7, 11) is 1.63. The maximum Gasteiger partial charge on any atom is 0.305 e. The highest BCUT2D eigenvalue weighted by molar-refractivity contribution is 5.66. The van der Waals surface area contributed by atoms with Crippen LogP contribution in [0.25, 0.3) is 0 Å². The van der Waals surface area contributed by atoms with E-state index in [1.165, 1.54) is 0 Å². The van der Waals surface area contributed by atoms with Gasteiger partial charge in [0.25, 0.3) is 0 Å². The first kappa shape index (κ1) is 13.1. The smallest absolute Gasteiger partial charge is 0.305 e. The average molecular weight is 260 g/mol. The van der Waals surface area contributed by atoms with E-state index in [2.05, 4.69) is 4.98 Å². The van der Waals surface area contributed by atoms with Crippen LogP contribution in [0.5, 0.6) is 5.75 Å². The zero-order valence-electron chi connectivity index (χ0n) is 10.7. The Labute approximate surface area is 111 Å². The van der Waals surface area contributed by atoms with Crippen LogP contribution in [-0.2, 0) is 17.8 Å². The fourth-order valence-corrected chi connectivity index (χ4v) is 1.95. The Hall–Kier alpha value is -2.30. The van der Waals surface area contributed by atoms with Crippen LogP contribution in [0.2, 0.25) is 0 Å². The van der Waals surface area contributed by atoms with Crippen LogP contribution in [0, 0.1) is 0 Å². The maximum absolute atomic E-state index is 10.6. The second kappa shape index (κ2) is 6.04. The summed E-state index contributed by atoms with van der Waals surface area (Å²) in [5, 5.41) is 8.72. The number of benzene rings is 1. The van der Waals surface area contributed by atoms with Crippen molar-refractivity contribution in [3.05, 3.63) is 48.0 Å². The zero-order chi connectivity index (χ0) is 13.7. The van der Waals surface area contributed by atoms with Gasteiger partial charge in [0.2, 0.25) is 0 Å². The van der Waals surface area contributed by atoms with E-state index in [0.29, 0.717) is 13.0 Å². The van der Waals surface area contributed by atoms with Crippen molar-refractivity contribution in [1.82, 2.24) is 9.55 Å². The first-order chi connectivity index (χ1) is 9.20. The molecular weight excluding hydrogens is 244 g/mol. The average Bonchev–Trinajstić information content (AvgIpc) is 2.84. The normalized spacial score (nSPS) is 10.4. The molecule has 5 nitrogen and oxygen atoms in total. The molecule has 0 aliphatic heterocycles. The van der Waals surface area contributed by atoms with Gasteiger partial charge in [0.15, 0.2) is 0 Å². The number of carboxylic acid groups (broad SMARTS) is 1. The lowest BCUT2D eigenvalue weighted by molar-refractivity contribution is -0.137. The summed E-state index contributed by atoms with van der Waals surface area (Å²) >= 11 is 0. The molecule has 0 atom stereocenters. The highest BCUT2D eigenvalue weighted by atomic mass is 16.5. The van der Waals surface area contributed by atoms with Gasteiger partial charge in [0.05, 0.1) is 13.5 Å². The Morgan fingerprint density at radius 3 is 2.95 bits per heavy atom. The number of aryl methyl sites for hydroxylation is 1. The lowest BCUT2D eigenvalue weighted by Gasteiger charge is -2.09. The van der Waals surface area contributed by atoms with E-state index in [4.69, 9.17) is 9.84 Å². The van der Waals surface area contributed by atoms with Gasteiger partial charge in [0.1, 0.15) is 11.6 Å². The third kappa shape index (κ3) is 3.34. The minimum Gasteiger partial charge on any atom is -0.496 e. The molecule has 1 aromatic carbocycles. The number of carbonyl (C=O) groups is 1. The van der Waals surface area contributed by atoms with Crippen molar-refractivity contribution in [3.63, 3.8) is 0 Å². The van der Waals surface area contributed by atoms with E-state index in [0.717, 1.165) is 17.1 Å². The predicted octanol–water partition coefficient (Wildman–Crippen LogP) is 1.96. The molecule has 19 heavy (non-hydrogen) atoms. The molecule has 0 aliphatic carbocycles.